The maximum Gasteiger partial charge on any atom is 0.174 e. The zero-order valence-corrected chi connectivity index (χ0v) is 27.4. The van der Waals surface area contributed by atoms with E-state index in [4.69, 9.17) is 15.0 Å². The monoisotopic (exact) mass is 643 g/mol. The first-order chi connectivity index (χ1) is 24.3. The number of hydrogen-bond donors (Lipinski definition) is 0. The van der Waals surface area contributed by atoms with Gasteiger partial charge in [-0.15, -0.1) is 11.3 Å². The Morgan fingerprint density at radius 1 is 0.388 bits per heavy atom. The lowest BCUT2D eigenvalue weighted by Gasteiger charge is -2.40. The Hall–Kier alpha value is -5.97. The largest absolute Gasteiger partial charge is 0.208 e. The quantitative estimate of drug-likeness (QED) is 0.192. The molecule has 0 bridgehead atoms. The molecule has 10 rings (SSSR count). The van der Waals surface area contributed by atoms with E-state index in [2.05, 4.69) is 103 Å². The molecule has 2 aromatic heterocycles. The number of hydrogen-bond acceptors (Lipinski definition) is 4. The van der Waals surface area contributed by atoms with Crippen LogP contribution in [0, 0.1) is 0 Å². The topological polar surface area (TPSA) is 38.7 Å². The maximum atomic E-state index is 4.98. The summed E-state index contributed by atoms with van der Waals surface area (Å²) in [6, 6.07) is 58.8. The normalized spacial score (nSPS) is 13.4. The van der Waals surface area contributed by atoms with Crippen LogP contribution < -0.4 is 0 Å². The molecule has 49 heavy (non-hydrogen) atoms. The Balaban J connectivity index is 1.11. The second-order valence-corrected chi connectivity index (χ2v) is 13.8. The minimum absolute atomic E-state index is 0.344. The van der Waals surface area contributed by atoms with Crippen LogP contribution in [0.3, 0.4) is 0 Å². The Morgan fingerprint density at radius 3 is 1.55 bits per heavy atom. The molecule has 0 saturated heterocycles. The molecular weight excluding hydrogens is 615 g/mol. The van der Waals surface area contributed by atoms with Crippen molar-refractivity contribution in [3.63, 3.8) is 0 Å². The Labute approximate surface area is 289 Å². The molecule has 0 aliphatic heterocycles. The molecular formula is C45H29N3S. The van der Waals surface area contributed by atoms with Crippen molar-refractivity contribution in [3.05, 3.63) is 197 Å². The van der Waals surface area contributed by atoms with Crippen LogP contribution in [-0.4, -0.2) is 15.0 Å². The third-order valence-corrected chi connectivity index (χ3v) is 11.2. The zero-order chi connectivity index (χ0) is 32.4. The van der Waals surface area contributed by atoms with Crippen molar-refractivity contribution in [2.24, 2.45) is 0 Å². The highest BCUT2D eigenvalue weighted by Gasteiger charge is 2.49. The lowest BCUT2D eigenvalue weighted by atomic mass is 9.61. The van der Waals surface area contributed by atoms with Crippen LogP contribution in [0.1, 0.15) is 33.4 Å². The summed E-state index contributed by atoms with van der Waals surface area (Å²) in [5.41, 5.74) is 13.7. The molecule has 0 radical (unpaired) electrons. The lowest BCUT2D eigenvalue weighted by molar-refractivity contribution is 0.722. The molecule has 2 heterocycles. The van der Waals surface area contributed by atoms with E-state index < -0.39 is 0 Å². The van der Waals surface area contributed by atoms with E-state index in [0.29, 0.717) is 17.5 Å². The number of rotatable bonds is 4. The van der Waals surface area contributed by atoms with Gasteiger partial charge in [0.1, 0.15) is 0 Å². The van der Waals surface area contributed by atoms with E-state index in [-0.39, 0.29) is 5.41 Å². The highest BCUT2D eigenvalue weighted by molar-refractivity contribution is 7.18. The van der Waals surface area contributed by atoms with E-state index in [1.54, 1.807) is 11.3 Å². The molecule has 0 N–H and O–H groups in total. The van der Waals surface area contributed by atoms with Gasteiger partial charge < -0.3 is 0 Å². The van der Waals surface area contributed by atoms with E-state index >= 15 is 0 Å². The third-order valence-electron chi connectivity index (χ3n) is 10.1. The van der Waals surface area contributed by atoms with Crippen molar-refractivity contribution in [3.8, 4) is 55.0 Å². The lowest BCUT2D eigenvalue weighted by Crippen LogP contribution is -2.34. The van der Waals surface area contributed by atoms with Crippen LogP contribution in [0.5, 0.6) is 0 Å². The van der Waals surface area contributed by atoms with Crippen LogP contribution >= 0.6 is 11.3 Å². The minimum atomic E-state index is -0.344. The number of nitrogens with zero attached hydrogens (tertiary/aromatic N) is 3. The Morgan fingerprint density at radius 2 is 0.898 bits per heavy atom. The van der Waals surface area contributed by atoms with Crippen LogP contribution in [0.2, 0.25) is 0 Å². The van der Waals surface area contributed by atoms with Gasteiger partial charge in [-0.25, -0.2) is 15.0 Å². The van der Waals surface area contributed by atoms with Gasteiger partial charge in [0.2, 0.25) is 0 Å². The number of benzene rings is 6. The average Bonchev–Trinajstić information content (AvgIpc) is 3.78. The summed E-state index contributed by atoms with van der Waals surface area (Å²) in [7, 11) is 0. The molecule has 0 fully saturated rings. The smallest absolute Gasteiger partial charge is 0.174 e. The van der Waals surface area contributed by atoms with Crippen molar-refractivity contribution < 1.29 is 0 Å². The molecule has 4 heteroatoms. The molecule has 8 aromatic rings. The van der Waals surface area contributed by atoms with Crippen LogP contribution in [-0.2, 0) is 11.8 Å². The summed E-state index contributed by atoms with van der Waals surface area (Å²) in [4.78, 5) is 17.1. The number of thiophene rings is 1. The maximum absolute atomic E-state index is 4.98. The van der Waals surface area contributed by atoms with E-state index in [1.807, 2.05) is 60.7 Å². The van der Waals surface area contributed by atoms with Crippen molar-refractivity contribution in [1.82, 2.24) is 15.0 Å². The van der Waals surface area contributed by atoms with Gasteiger partial charge in [0.25, 0.3) is 0 Å². The first-order valence-corrected chi connectivity index (χ1v) is 17.5. The van der Waals surface area contributed by atoms with Crippen LogP contribution in [0.15, 0.2) is 164 Å². The predicted octanol–water partition coefficient (Wildman–Crippen LogP) is 10.9. The second-order valence-electron chi connectivity index (χ2n) is 12.7. The molecule has 1 spiro atoms. The molecule has 0 amide bonds. The van der Waals surface area contributed by atoms with Crippen molar-refractivity contribution in [2.75, 3.05) is 0 Å². The van der Waals surface area contributed by atoms with Gasteiger partial charge in [0.15, 0.2) is 17.5 Å². The van der Waals surface area contributed by atoms with Gasteiger partial charge in [-0.3, -0.25) is 0 Å². The standard InChI is InChI=1S/C45H29N3S/c1-3-13-29(14-4-1)42-46-43(30-15-5-2-6-16-30)48-44(47-42)41-26-25-40(49-41)32-23-24-37-33(28-32)27-31-17-7-10-20-36(31)45(37)38-21-11-8-18-34(38)35-19-9-12-22-39(35)45/h1-26,28H,27H2. The minimum Gasteiger partial charge on any atom is -0.208 e. The van der Waals surface area contributed by atoms with E-state index in [0.717, 1.165) is 22.4 Å². The highest BCUT2D eigenvalue weighted by atomic mass is 32.1. The molecule has 0 unspecified atom stereocenters. The van der Waals surface area contributed by atoms with Gasteiger partial charge in [0, 0.05) is 16.0 Å². The first kappa shape index (κ1) is 28.1. The Bertz CT molecular complexity index is 2430. The molecule has 0 atom stereocenters. The zero-order valence-electron chi connectivity index (χ0n) is 26.5. The van der Waals surface area contributed by atoms with Crippen LogP contribution in [0.4, 0.5) is 0 Å². The highest BCUT2D eigenvalue weighted by Crippen LogP contribution is 2.59. The molecule has 6 aromatic carbocycles. The van der Waals surface area contributed by atoms with Gasteiger partial charge >= 0.3 is 0 Å². The van der Waals surface area contributed by atoms with Gasteiger partial charge in [0.05, 0.1) is 10.3 Å². The fourth-order valence-electron chi connectivity index (χ4n) is 8.00. The summed E-state index contributed by atoms with van der Waals surface area (Å²) in [6.07, 6.45) is 0.901. The van der Waals surface area contributed by atoms with Gasteiger partial charge in [-0.05, 0) is 74.7 Å². The van der Waals surface area contributed by atoms with E-state index in [9.17, 15) is 0 Å². The summed E-state index contributed by atoms with van der Waals surface area (Å²) < 4.78 is 0. The summed E-state index contributed by atoms with van der Waals surface area (Å²) >= 11 is 1.73. The molecule has 230 valence electrons. The third kappa shape index (κ3) is 4.31. The first-order valence-electron chi connectivity index (χ1n) is 16.7. The molecule has 2 aliphatic carbocycles. The summed E-state index contributed by atoms with van der Waals surface area (Å²) in [6.45, 7) is 0. The molecule has 3 nitrogen and oxygen atoms in total. The van der Waals surface area contributed by atoms with Crippen molar-refractivity contribution in [1.29, 1.82) is 0 Å². The fourth-order valence-corrected chi connectivity index (χ4v) is 8.93. The molecule has 0 saturated carbocycles. The Kier molecular flexibility index (Phi) is 6.33. The van der Waals surface area contributed by atoms with E-state index in [1.165, 1.54) is 54.9 Å². The average molecular weight is 644 g/mol. The van der Waals surface area contributed by atoms with Gasteiger partial charge in [-0.1, -0.05) is 146 Å². The van der Waals surface area contributed by atoms with Crippen molar-refractivity contribution >= 4 is 11.3 Å². The number of aromatic nitrogens is 3. The fraction of sp³-hybridized carbons (Fsp3) is 0.0444. The van der Waals surface area contributed by atoms with Crippen molar-refractivity contribution in [2.45, 2.75) is 11.8 Å². The molecule has 2 aliphatic rings. The van der Waals surface area contributed by atoms with Gasteiger partial charge in [-0.2, -0.15) is 0 Å². The van der Waals surface area contributed by atoms with Crippen LogP contribution in [0.25, 0.3) is 55.0 Å². The SMILES string of the molecule is c1ccc(-c2nc(-c3ccccc3)nc(-c3ccc(-c4ccc5c(c4)Cc4ccccc4C54c5ccccc5-c5ccccc54)s3)n2)cc1. The predicted molar refractivity (Wildman–Crippen MR) is 200 cm³/mol. The second kappa shape index (κ2) is 11.0. The summed E-state index contributed by atoms with van der Waals surface area (Å²) in [5, 5.41) is 0. The summed E-state index contributed by atoms with van der Waals surface area (Å²) in [5.74, 6) is 2.04. The number of fused-ring (bicyclic) bond motifs is 9.